The lowest BCUT2D eigenvalue weighted by molar-refractivity contribution is -0.183. The van der Waals surface area contributed by atoms with E-state index in [0.29, 0.717) is 13.2 Å². The number of nitrogens with zero attached hydrogens (tertiary/aromatic N) is 1. The van der Waals surface area contributed by atoms with Gasteiger partial charge in [-0.3, -0.25) is 0 Å². The van der Waals surface area contributed by atoms with Gasteiger partial charge in [0, 0.05) is 7.05 Å². The lowest BCUT2D eigenvalue weighted by Gasteiger charge is -2.43. The minimum absolute atomic E-state index is 0.108. The Labute approximate surface area is 136 Å². The maximum atomic E-state index is 11.9. The number of hydrogen-bond acceptors (Lipinski definition) is 5. The summed E-state index contributed by atoms with van der Waals surface area (Å²) in [6.07, 6.45) is -0.677. The van der Waals surface area contributed by atoms with Crippen molar-refractivity contribution in [2.24, 2.45) is 0 Å². The van der Waals surface area contributed by atoms with Crippen LogP contribution in [0.25, 0.3) is 0 Å². The second-order valence-corrected chi connectivity index (χ2v) is 6.38. The summed E-state index contributed by atoms with van der Waals surface area (Å²) < 4.78 is 22.5. The molecule has 2 aliphatic rings. The molecule has 0 N–H and O–H groups in total. The number of carbonyl (C=O) groups is 1. The highest BCUT2D eigenvalue weighted by molar-refractivity contribution is 5.71. The van der Waals surface area contributed by atoms with Crippen molar-refractivity contribution in [3.05, 3.63) is 29.8 Å². The summed E-state index contributed by atoms with van der Waals surface area (Å²) >= 11 is 0. The van der Waals surface area contributed by atoms with E-state index in [1.54, 1.807) is 19.1 Å². The Balaban J connectivity index is 1.73. The van der Waals surface area contributed by atoms with Crippen LogP contribution in [0, 0.1) is 0 Å². The van der Waals surface area contributed by atoms with E-state index < -0.39 is 5.60 Å². The summed E-state index contributed by atoms with van der Waals surface area (Å²) in [5.41, 5.74) is 0.376. The largest absolute Gasteiger partial charge is 0.497 e. The molecule has 2 heterocycles. The molecule has 6 nitrogen and oxygen atoms in total. The molecule has 0 bridgehead atoms. The summed E-state index contributed by atoms with van der Waals surface area (Å²) in [5.74, 6) is 0.810. The van der Waals surface area contributed by atoms with E-state index in [1.165, 1.54) is 0 Å². The van der Waals surface area contributed by atoms with Crippen LogP contribution in [0.2, 0.25) is 0 Å². The maximum Gasteiger partial charge on any atom is 0.410 e. The second-order valence-electron chi connectivity index (χ2n) is 6.38. The highest BCUT2D eigenvalue weighted by atomic mass is 16.6. The summed E-state index contributed by atoms with van der Waals surface area (Å²) in [5, 5.41) is 0. The average molecular weight is 321 g/mol. The van der Waals surface area contributed by atoms with Crippen LogP contribution in [0.4, 0.5) is 4.79 Å². The quantitative estimate of drug-likeness (QED) is 0.851. The SMILES string of the molecule is COc1ccc(CO[C@H]2C(C)OC[C@]3(C)OC(=O)N(C)C23)cc1. The van der Waals surface area contributed by atoms with Crippen molar-refractivity contribution in [2.75, 3.05) is 20.8 Å². The second kappa shape index (κ2) is 6.02. The molecule has 4 atom stereocenters. The molecule has 2 aliphatic heterocycles. The van der Waals surface area contributed by atoms with Gasteiger partial charge in [-0.25, -0.2) is 4.79 Å². The van der Waals surface area contributed by atoms with Crippen LogP contribution in [-0.2, 0) is 20.8 Å². The number of methoxy groups -OCH3 is 1. The highest BCUT2D eigenvalue weighted by Gasteiger charge is 2.57. The monoisotopic (exact) mass is 321 g/mol. The number of hydrogen-bond donors (Lipinski definition) is 0. The molecular formula is C17H23NO5. The van der Waals surface area contributed by atoms with Crippen molar-refractivity contribution < 1.29 is 23.7 Å². The first-order valence-electron chi connectivity index (χ1n) is 7.76. The van der Waals surface area contributed by atoms with Gasteiger partial charge >= 0.3 is 6.09 Å². The van der Waals surface area contributed by atoms with Gasteiger partial charge in [0.1, 0.15) is 17.9 Å². The van der Waals surface area contributed by atoms with Gasteiger partial charge < -0.3 is 23.8 Å². The van der Waals surface area contributed by atoms with Crippen LogP contribution in [-0.4, -0.2) is 55.6 Å². The van der Waals surface area contributed by atoms with Crippen LogP contribution in [0.5, 0.6) is 5.75 Å². The molecule has 1 aromatic carbocycles. The van der Waals surface area contributed by atoms with Crippen molar-refractivity contribution >= 4 is 6.09 Å². The van der Waals surface area contributed by atoms with E-state index in [1.807, 2.05) is 38.1 Å². The molecular weight excluding hydrogens is 298 g/mol. The van der Waals surface area contributed by atoms with E-state index in [-0.39, 0.29) is 24.3 Å². The van der Waals surface area contributed by atoms with E-state index >= 15 is 0 Å². The summed E-state index contributed by atoms with van der Waals surface area (Å²) in [4.78, 5) is 13.5. The predicted octanol–water partition coefficient (Wildman–Crippen LogP) is 2.21. The lowest BCUT2D eigenvalue weighted by atomic mass is 9.87. The molecule has 0 spiro atoms. The summed E-state index contributed by atoms with van der Waals surface area (Å²) in [7, 11) is 3.39. The average Bonchev–Trinajstić information content (AvgIpc) is 2.78. The fourth-order valence-electron chi connectivity index (χ4n) is 3.33. The van der Waals surface area contributed by atoms with Crippen molar-refractivity contribution in [1.29, 1.82) is 0 Å². The van der Waals surface area contributed by atoms with E-state index in [2.05, 4.69) is 0 Å². The molecule has 0 aliphatic carbocycles. The molecule has 2 fully saturated rings. The molecule has 0 saturated carbocycles. The van der Waals surface area contributed by atoms with Crippen molar-refractivity contribution in [3.63, 3.8) is 0 Å². The Morgan fingerprint density at radius 2 is 2.04 bits per heavy atom. The third-order valence-electron chi connectivity index (χ3n) is 4.66. The molecule has 23 heavy (non-hydrogen) atoms. The fraction of sp³-hybridized carbons (Fsp3) is 0.588. The predicted molar refractivity (Wildman–Crippen MR) is 83.4 cm³/mol. The van der Waals surface area contributed by atoms with Crippen molar-refractivity contribution in [3.8, 4) is 5.75 Å². The minimum atomic E-state index is -0.664. The highest BCUT2D eigenvalue weighted by Crippen LogP contribution is 2.38. The molecule has 0 aromatic heterocycles. The standard InChI is InChI=1S/C17H23NO5/c1-11-14(21-9-12-5-7-13(20-4)8-6-12)15-17(2,10-22-11)23-16(19)18(15)3/h5-8,11,14-15H,9-10H2,1-4H3/t11?,14-,15?,17-/m0/s1. The zero-order valence-electron chi connectivity index (χ0n) is 13.9. The number of likely N-dealkylation sites (N-methyl/N-ethyl adjacent to an activating group) is 1. The Kier molecular flexibility index (Phi) is 4.21. The molecule has 126 valence electrons. The third-order valence-corrected chi connectivity index (χ3v) is 4.66. The zero-order chi connectivity index (χ0) is 16.6. The summed E-state index contributed by atoms with van der Waals surface area (Å²) in [6.45, 7) is 4.69. The van der Waals surface area contributed by atoms with Gasteiger partial charge in [0.25, 0.3) is 0 Å². The first-order valence-corrected chi connectivity index (χ1v) is 7.76. The fourth-order valence-corrected chi connectivity index (χ4v) is 3.33. The third kappa shape index (κ3) is 2.88. The lowest BCUT2D eigenvalue weighted by Crippen LogP contribution is -2.61. The van der Waals surface area contributed by atoms with Gasteiger partial charge in [0.2, 0.25) is 0 Å². The number of benzene rings is 1. The number of carbonyl (C=O) groups excluding carboxylic acids is 1. The zero-order valence-corrected chi connectivity index (χ0v) is 13.9. The van der Waals surface area contributed by atoms with E-state index in [4.69, 9.17) is 18.9 Å². The Bertz CT molecular complexity index is 575. The smallest absolute Gasteiger partial charge is 0.410 e. The van der Waals surface area contributed by atoms with Crippen LogP contribution < -0.4 is 4.74 Å². The van der Waals surface area contributed by atoms with Crippen molar-refractivity contribution in [2.45, 2.75) is 44.3 Å². The molecule has 1 aromatic rings. The number of ether oxygens (including phenoxy) is 4. The molecule has 0 radical (unpaired) electrons. The molecule has 2 saturated heterocycles. The van der Waals surface area contributed by atoms with Crippen LogP contribution in [0.1, 0.15) is 19.4 Å². The van der Waals surface area contributed by atoms with Gasteiger partial charge in [0.05, 0.1) is 26.4 Å². The first-order chi connectivity index (χ1) is 10.9. The molecule has 3 rings (SSSR count). The number of fused-ring (bicyclic) bond motifs is 1. The molecule has 1 amide bonds. The van der Waals surface area contributed by atoms with E-state index in [9.17, 15) is 4.79 Å². The molecule has 2 unspecified atom stereocenters. The van der Waals surface area contributed by atoms with Gasteiger partial charge in [-0.05, 0) is 31.5 Å². The van der Waals surface area contributed by atoms with Gasteiger partial charge in [-0.1, -0.05) is 12.1 Å². The molecule has 6 heteroatoms. The maximum absolute atomic E-state index is 11.9. The van der Waals surface area contributed by atoms with Gasteiger partial charge in [0.15, 0.2) is 5.60 Å². The Hall–Kier alpha value is -1.79. The summed E-state index contributed by atoms with van der Waals surface area (Å²) in [6, 6.07) is 7.58. The Morgan fingerprint density at radius 1 is 1.35 bits per heavy atom. The number of amides is 1. The normalized spacial score (nSPS) is 33.3. The van der Waals surface area contributed by atoms with Crippen LogP contribution in [0.15, 0.2) is 24.3 Å². The topological polar surface area (TPSA) is 57.2 Å². The number of rotatable bonds is 4. The minimum Gasteiger partial charge on any atom is -0.497 e. The van der Waals surface area contributed by atoms with Crippen LogP contribution in [0.3, 0.4) is 0 Å². The van der Waals surface area contributed by atoms with Crippen molar-refractivity contribution in [1.82, 2.24) is 4.90 Å². The van der Waals surface area contributed by atoms with E-state index in [0.717, 1.165) is 11.3 Å². The first kappa shape index (κ1) is 16.1. The van der Waals surface area contributed by atoms with Crippen LogP contribution >= 0.6 is 0 Å². The van der Waals surface area contributed by atoms with Gasteiger partial charge in [-0.2, -0.15) is 0 Å². The Morgan fingerprint density at radius 3 is 2.70 bits per heavy atom. The van der Waals surface area contributed by atoms with Gasteiger partial charge in [-0.15, -0.1) is 0 Å².